The molecule has 1 atom stereocenters. The van der Waals surface area contributed by atoms with Crippen LogP contribution in [0.5, 0.6) is 0 Å². The summed E-state index contributed by atoms with van der Waals surface area (Å²) in [5, 5.41) is 1.22. The number of nitrogens with two attached hydrogens (primary N) is 1. The lowest BCUT2D eigenvalue weighted by Gasteiger charge is -2.15. The number of nitrogens with one attached hydrogen (secondary N) is 1. The normalized spacial score (nSPS) is 14.9. The second-order valence-electron chi connectivity index (χ2n) is 5.43. The molecule has 3 rings (SSSR count). The summed E-state index contributed by atoms with van der Waals surface area (Å²) in [7, 11) is -2.02. The Balaban J connectivity index is 0.00000192. The predicted molar refractivity (Wildman–Crippen MR) is 92.8 cm³/mol. The number of benzene rings is 2. The highest BCUT2D eigenvalue weighted by Crippen LogP contribution is 2.39. The van der Waals surface area contributed by atoms with Crippen LogP contribution in [-0.4, -0.2) is 34.0 Å². The van der Waals surface area contributed by atoms with Gasteiger partial charge in [0.1, 0.15) is 0 Å². The van der Waals surface area contributed by atoms with Crippen LogP contribution in [0, 0.1) is 0 Å². The SMILES string of the molecule is C[C@@H](CN)NS(=O)(=O)c1ccc2c3c(cccc13)C(=O)N2C.Cl. The molecule has 6 nitrogen and oxygen atoms in total. The van der Waals surface area contributed by atoms with Gasteiger partial charge in [-0.15, -0.1) is 12.4 Å². The zero-order valence-electron chi connectivity index (χ0n) is 12.7. The van der Waals surface area contributed by atoms with Gasteiger partial charge in [-0.3, -0.25) is 4.79 Å². The molecule has 124 valence electrons. The molecule has 8 heteroatoms. The number of rotatable bonds is 4. The van der Waals surface area contributed by atoms with Gasteiger partial charge < -0.3 is 10.6 Å². The number of hydrogen-bond donors (Lipinski definition) is 2. The molecule has 0 unspecified atom stereocenters. The Labute approximate surface area is 141 Å². The summed E-state index contributed by atoms with van der Waals surface area (Å²) in [4.78, 5) is 13.9. The van der Waals surface area contributed by atoms with E-state index >= 15 is 0 Å². The summed E-state index contributed by atoms with van der Waals surface area (Å²) < 4.78 is 27.7. The zero-order valence-corrected chi connectivity index (χ0v) is 14.4. The molecule has 0 saturated heterocycles. The highest BCUT2D eigenvalue weighted by molar-refractivity contribution is 7.89. The average molecular weight is 356 g/mol. The summed E-state index contributed by atoms with van der Waals surface area (Å²) in [5.74, 6) is -0.126. The van der Waals surface area contributed by atoms with Crippen LogP contribution in [0.4, 0.5) is 5.69 Å². The van der Waals surface area contributed by atoms with E-state index in [0.29, 0.717) is 16.3 Å². The zero-order chi connectivity index (χ0) is 16.1. The van der Waals surface area contributed by atoms with E-state index in [1.807, 2.05) is 0 Å². The Kier molecular flexibility index (Phi) is 4.68. The van der Waals surface area contributed by atoms with Gasteiger partial charge in [-0.25, -0.2) is 13.1 Å². The van der Waals surface area contributed by atoms with Gasteiger partial charge in [-0.05, 0) is 25.1 Å². The van der Waals surface area contributed by atoms with Gasteiger partial charge in [0.2, 0.25) is 10.0 Å². The molecule has 1 aliphatic heterocycles. The van der Waals surface area contributed by atoms with E-state index in [4.69, 9.17) is 5.73 Å². The molecule has 23 heavy (non-hydrogen) atoms. The number of anilines is 1. The Morgan fingerprint density at radius 3 is 2.61 bits per heavy atom. The molecule has 1 amide bonds. The highest BCUT2D eigenvalue weighted by Gasteiger charge is 2.30. The van der Waals surface area contributed by atoms with Crippen LogP contribution in [-0.2, 0) is 10.0 Å². The van der Waals surface area contributed by atoms with Gasteiger partial charge in [-0.1, -0.05) is 12.1 Å². The minimum atomic E-state index is -3.70. The number of nitrogens with zero attached hydrogens (tertiary/aromatic N) is 1. The minimum absolute atomic E-state index is 0. The number of amides is 1. The largest absolute Gasteiger partial charge is 0.329 e. The predicted octanol–water partition coefficient (Wildman–Crippen LogP) is 1.48. The summed E-state index contributed by atoms with van der Waals surface area (Å²) in [6.45, 7) is 1.91. The third-order valence-corrected chi connectivity index (χ3v) is 5.52. The van der Waals surface area contributed by atoms with Crippen LogP contribution in [0.15, 0.2) is 35.2 Å². The fourth-order valence-electron chi connectivity index (χ4n) is 2.72. The number of halogens is 1. The molecule has 1 heterocycles. The van der Waals surface area contributed by atoms with Gasteiger partial charge in [0, 0.05) is 36.0 Å². The van der Waals surface area contributed by atoms with Gasteiger partial charge in [-0.2, -0.15) is 0 Å². The van der Waals surface area contributed by atoms with Crippen molar-refractivity contribution in [3.63, 3.8) is 0 Å². The molecule has 0 saturated carbocycles. The van der Waals surface area contributed by atoms with Crippen molar-refractivity contribution in [2.24, 2.45) is 5.73 Å². The molecule has 2 aromatic carbocycles. The van der Waals surface area contributed by atoms with Gasteiger partial charge >= 0.3 is 0 Å². The van der Waals surface area contributed by atoms with E-state index in [9.17, 15) is 13.2 Å². The van der Waals surface area contributed by atoms with Crippen LogP contribution in [0.1, 0.15) is 17.3 Å². The third-order valence-electron chi connectivity index (χ3n) is 3.87. The second-order valence-corrected chi connectivity index (χ2v) is 7.12. The van der Waals surface area contributed by atoms with Gasteiger partial charge in [0.15, 0.2) is 0 Å². The molecule has 3 N–H and O–H groups in total. The second kappa shape index (κ2) is 6.09. The van der Waals surface area contributed by atoms with Crippen LogP contribution < -0.4 is 15.4 Å². The number of sulfonamides is 1. The number of carbonyl (C=O) groups excluding carboxylic acids is 1. The number of hydrogen-bond acceptors (Lipinski definition) is 4. The van der Waals surface area contributed by atoms with Crippen molar-refractivity contribution in [2.75, 3.05) is 18.5 Å². The lowest BCUT2D eigenvalue weighted by Crippen LogP contribution is -2.37. The van der Waals surface area contributed by atoms with Crippen molar-refractivity contribution < 1.29 is 13.2 Å². The topological polar surface area (TPSA) is 92.5 Å². The minimum Gasteiger partial charge on any atom is -0.329 e. The average Bonchev–Trinajstić information content (AvgIpc) is 2.74. The van der Waals surface area contributed by atoms with Crippen LogP contribution in [0.2, 0.25) is 0 Å². The van der Waals surface area contributed by atoms with E-state index in [1.165, 1.54) is 11.0 Å². The lowest BCUT2D eigenvalue weighted by molar-refractivity contribution is 0.0999. The number of carbonyl (C=O) groups is 1. The molecule has 0 spiro atoms. The smallest absolute Gasteiger partial charge is 0.258 e. The molecular weight excluding hydrogens is 338 g/mol. The van der Waals surface area contributed by atoms with Crippen molar-refractivity contribution in [3.8, 4) is 0 Å². The molecule has 0 radical (unpaired) electrons. The standard InChI is InChI=1S/C15H17N3O3S.ClH/c1-9(8-16)17-22(20,21)13-7-6-12-14-10(13)4-3-5-11(14)15(19)18(12)2;/h3-7,9,17H,8,16H2,1-2H3;1H/t9-;/m0./s1. The Morgan fingerprint density at radius 1 is 1.26 bits per heavy atom. The van der Waals surface area contributed by atoms with Crippen LogP contribution in [0.3, 0.4) is 0 Å². The van der Waals surface area contributed by atoms with Crippen molar-refractivity contribution in [2.45, 2.75) is 17.9 Å². The molecular formula is C15H18ClN3O3S. The van der Waals surface area contributed by atoms with Crippen molar-refractivity contribution in [1.29, 1.82) is 0 Å². The van der Waals surface area contributed by atoms with E-state index in [1.54, 1.807) is 38.2 Å². The Morgan fingerprint density at radius 2 is 1.96 bits per heavy atom. The van der Waals surface area contributed by atoms with E-state index < -0.39 is 10.0 Å². The lowest BCUT2D eigenvalue weighted by atomic mass is 10.1. The first-order valence-corrected chi connectivity index (χ1v) is 8.41. The summed E-state index contributed by atoms with van der Waals surface area (Å²) in [5.41, 5.74) is 6.74. The first kappa shape index (κ1) is 17.7. The van der Waals surface area contributed by atoms with Crippen LogP contribution >= 0.6 is 12.4 Å². The summed E-state index contributed by atoms with van der Waals surface area (Å²) in [6.07, 6.45) is 0. The summed E-state index contributed by atoms with van der Waals surface area (Å²) in [6, 6.07) is 7.96. The van der Waals surface area contributed by atoms with E-state index in [0.717, 1.165) is 5.69 Å². The quantitative estimate of drug-likeness (QED) is 0.868. The van der Waals surface area contributed by atoms with Crippen molar-refractivity contribution in [1.82, 2.24) is 4.72 Å². The maximum atomic E-state index is 12.6. The summed E-state index contributed by atoms with van der Waals surface area (Å²) >= 11 is 0. The molecule has 2 aromatic rings. The molecule has 0 aromatic heterocycles. The van der Waals surface area contributed by atoms with Crippen molar-refractivity contribution in [3.05, 3.63) is 35.9 Å². The first-order valence-electron chi connectivity index (χ1n) is 6.93. The maximum Gasteiger partial charge on any atom is 0.258 e. The molecule has 1 aliphatic rings. The van der Waals surface area contributed by atoms with E-state index in [-0.39, 0.29) is 35.8 Å². The third kappa shape index (κ3) is 2.70. The Hall–Kier alpha value is -1.67. The van der Waals surface area contributed by atoms with Gasteiger partial charge in [0.25, 0.3) is 5.91 Å². The van der Waals surface area contributed by atoms with Crippen molar-refractivity contribution >= 4 is 44.8 Å². The molecule has 0 bridgehead atoms. The highest BCUT2D eigenvalue weighted by atomic mass is 35.5. The fourth-order valence-corrected chi connectivity index (χ4v) is 4.18. The first-order chi connectivity index (χ1) is 10.4. The molecule has 0 aliphatic carbocycles. The monoisotopic (exact) mass is 355 g/mol. The molecule has 0 fully saturated rings. The van der Waals surface area contributed by atoms with E-state index in [2.05, 4.69) is 4.72 Å². The van der Waals surface area contributed by atoms with Gasteiger partial charge in [0.05, 0.1) is 10.6 Å². The fraction of sp³-hybridized carbons (Fsp3) is 0.267. The maximum absolute atomic E-state index is 12.6. The Bertz CT molecular complexity index is 883. The van der Waals surface area contributed by atoms with Crippen LogP contribution in [0.25, 0.3) is 10.8 Å².